The van der Waals surface area contributed by atoms with Crippen LogP contribution in [-0.4, -0.2) is 45.2 Å². The maximum absolute atomic E-state index is 12.3. The molecule has 0 unspecified atom stereocenters. The predicted octanol–water partition coefficient (Wildman–Crippen LogP) is 2.86. The maximum Gasteiger partial charge on any atom is 0.394 e. The van der Waals surface area contributed by atoms with Crippen LogP contribution in [0.2, 0.25) is 0 Å². The highest BCUT2D eigenvalue weighted by molar-refractivity contribution is 6.18. The molecule has 0 aliphatic heterocycles. The third kappa shape index (κ3) is 4.61. The van der Waals surface area contributed by atoms with Gasteiger partial charge < -0.3 is 24.9 Å². The number of alkyl halides is 2. The first-order valence-electron chi connectivity index (χ1n) is 7.42. The Kier molecular flexibility index (Phi) is 6.60. The van der Waals surface area contributed by atoms with E-state index in [-0.39, 0.29) is 5.69 Å². The van der Waals surface area contributed by atoms with E-state index in [0.717, 1.165) is 5.69 Å². The van der Waals surface area contributed by atoms with Gasteiger partial charge >= 0.3 is 5.82 Å². The summed E-state index contributed by atoms with van der Waals surface area (Å²) < 4.78 is 1.31. The van der Waals surface area contributed by atoms with Crippen LogP contribution >= 0.6 is 23.2 Å². The second-order valence-corrected chi connectivity index (χ2v) is 5.91. The lowest BCUT2D eigenvalue weighted by Gasteiger charge is -2.23. The number of aryl methyl sites for hydroxylation is 1. The third-order valence-corrected chi connectivity index (χ3v) is 3.84. The van der Waals surface area contributed by atoms with E-state index in [9.17, 15) is 14.9 Å². The molecule has 0 fully saturated rings. The number of halogens is 2. The molecule has 0 aliphatic carbocycles. The number of aromatic nitrogens is 2. The molecule has 10 heteroatoms. The summed E-state index contributed by atoms with van der Waals surface area (Å²) in [6.07, 6.45) is 1.23. The molecule has 134 valence electrons. The summed E-state index contributed by atoms with van der Waals surface area (Å²) in [5.41, 5.74) is 1.33. The van der Waals surface area contributed by atoms with E-state index in [2.05, 4.69) is 10.3 Å². The van der Waals surface area contributed by atoms with Gasteiger partial charge in [-0.3, -0.25) is 4.79 Å². The normalized spacial score (nSPS) is 10.5. The van der Waals surface area contributed by atoms with Gasteiger partial charge in [-0.05, 0) is 34.2 Å². The van der Waals surface area contributed by atoms with Crippen molar-refractivity contribution >= 4 is 46.3 Å². The lowest BCUT2D eigenvalue weighted by atomic mass is 10.2. The SMILES string of the molecule is Cn1cnc([N+](=O)[O-])c1C(=O)Nc1ccc(N(CCCl)CCCl)cc1. The number of nitrogens with zero attached hydrogens (tertiary/aromatic N) is 4. The number of carbonyl (C=O) groups is 1. The predicted molar refractivity (Wildman–Crippen MR) is 97.9 cm³/mol. The third-order valence-electron chi connectivity index (χ3n) is 3.50. The molecule has 0 aliphatic rings. The standard InChI is InChI=1S/C15H17Cl2N5O3/c1-20-10-18-14(22(24)25)13(20)15(23)19-11-2-4-12(5-3-11)21(8-6-16)9-7-17/h2-5,10H,6-9H2,1H3,(H,19,23). The summed E-state index contributed by atoms with van der Waals surface area (Å²) in [6, 6.07) is 7.08. The molecule has 0 saturated carbocycles. The minimum atomic E-state index is -0.686. The van der Waals surface area contributed by atoms with E-state index < -0.39 is 16.6 Å². The van der Waals surface area contributed by atoms with Crippen molar-refractivity contribution in [2.24, 2.45) is 7.05 Å². The number of hydrogen-bond acceptors (Lipinski definition) is 5. The number of hydrogen-bond donors (Lipinski definition) is 1. The maximum atomic E-state index is 12.3. The smallest absolute Gasteiger partial charge is 0.369 e. The topological polar surface area (TPSA) is 93.3 Å². The van der Waals surface area contributed by atoms with Gasteiger partial charge in [0, 0.05) is 43.3 Å². The molecule has 0 spiro atoms. The molecule has 1 amide bonds. The summed E-state index contributed by atoms with van der Waals surface area (Å²) in [4.78, 5) is 28.2. The lowest BCUT2D eigenvalue weighted by Crippen LogP contribution is -2.27. The van der Waals surface area contributed by atoms with Gasteiger partial charge in [-0.2, -0.15) is 0 Å². The van der Waals surface area contributed by atoms with Crippen molar-refractivity contribution in [2.75, 3.05) is 35.1 Å². The Labute approximate surface area is 154 Å². The average Bonchev–Trinajstić information content (AvgIpc) is 2.97. The molecule has 25 heavy (non-hydrogen) atoms. The Balaban J connectivity index is 2.15. The largest absolute Gasteiger partial charge is 0.394 e. The first kappa shape index (κ1) is 19.0. The van der Waals surface area contributed by atoms with Crippen LogP contribution in [0, 0.1) is 10.1 Å². The number of benzene rings is 1. The van der Waals surface area contributed by atoms with Crippen molar-refractivity contribution in [2.45, 2.75) is 0 Å². The highest BCUT2D eigenvalue weighted by atomic mass is 35.5. The van der Waals surface area contributed by atoms with Crippen molar-refractivity contribution in [3.05, 3.63) is 46.4 Å². The Hall–Kier alpha value is -2.32. The van der Waals surface area contributed by atoms with Crippen molar-refractivity contribution in [3.63, 3.8) is 0 Å². The van der Waals surface area contributed by atoms with Crippen molar-refractivity contribution in [1.82, 2.24) is 9.55 Å². The first-order valence-corrected chi connectivity index (χ1v) is 8.48. The van der Waals surface area contributed by atoms with Gasteiger partial charge in [-0.25, -0.2) is 0 Å². The van der Waals surface area contributed by atoms with E-state index >= 15 is 0 Å². The molecule has 2 aromatic rings. The molecular formula is C15H17Cl2N5O3. The zero-order valence-electron chi connectivity index (χ0n) is 13.5. The molecule has 0 radical (unpaired) electrons. The van der Waals surface area contributed by atoms with Crippen molar-refractivity contribution < 1.29 is 9.72 Å². The zero-order valence-corrected chi connectivity index (χ0v) is 15.0. The van der Waals surface area contributed by atoms with Crippen LogP contribution in [0.1, 0.15) is 10.5 Å². The number of nitrogens with one attached hydrogen (secondary N) is 1. The molecule has 1 aromatic heterocycles. The first-order chi connectivity index (χ1) is 12.0. The minimum Gasteiger partial charge on any atom is -0.369 e. The molecule has 1 heterocycles. The molecule has 0 saturated heterocycles. The van der Waals surface area contributed by atoms with Gasteiger partial charge in [-0.1, -0.05) is 0 Å². The van der Waals surface area contributed by atoms with E-state index in [4.69, 9.17) is 23.2 Å². The molecule has 1 N–H and O–H groups in total. The fraction of sp³-hybridized carbons (Fsp3) is 0.333. The summed E-state index contributed by atoms with van der Waals surface area (Å²) >= 11 is 11.6. The summed E-state index contributed by atoms with van der Waals surface area (Å²) in [5, 5.41) is 13.6. The van der Waals surface area contributed by atoms with Crippen LogP contribution < -0.4 is 10.2 Å². The average molecular weight is 386 g/mol. The van der Waals surface area contributed by atoms with Crippen LogP contribution in [-0.2, 0) is 7.05 Å². The number of amides is 1. The molecule has 0 atom stereocenters. The van der Waals surface area contributed by atoms with E-state index in [1.54, 1.807) is 12.1 Å². The second-order valence-electron chi connectivity index (χ2n) is 5.15. The molecular weight excluding hydrogens is 369 g/mol. The monoisotopic (exact) mass is 385 g/mol. The van der Waals surface area contributed by atoms with Crippen molar-refractivity contribution in [3.8, 4) is 0 Å². The second kappa shape index (κ2) is 8.68. The molecule has 0 bridgehead atoms. The fourth-order valence-corrected chi connectivity index (χ4v) is 2.74. The quantitative estimate of drug-likeness (QED) is 0.428. The number of nitro groups is 1. The molecule has 8 nitrogen and oxygen atoms in total. The number of carbonyl (C=O) groups excluding carboxylic acids is 1. The van der Waals surface area contributed by atoms with Gasteiger partial charge in [0.05, 0.1) is 0 Å². The zero-order chi connectivity index (χ0) is 18.4. The van der Waals surface area contributed by atoms with Crippen LogP contribution in [0.25, 0.3) is 0 Å². The summed E-state index contributed by atoms with van der Waals surface area (Å²) in [7, 11) is 1.52. The number of rotatable bonds is 8. The number of imidazole rings is 1. The molecule has 2 rings (SSSR count). The summed E-state index contributed by atoms with van der Waals surface area (Å²) in [5.74, 6) is -0.135. The van der Waals surface area contributed by atoms with E-state index in [1.165, 1.54) is 17.9 Å². The van der Waals surface area contributed by atoms with E-state index in [0.29, 0.717) is 30.5 Å². The highest BCUT2D eigenvalue weighted by Crippen LogP contribution is 2.21. The highest BCUT2D eigenvalue weighted by Gasteiger charge is 2.26. The Morgan fingerprint density at radius 3 is 2.40 bits per heavy atom. The summed E-state index contributed by atoms with van der Waals surface area (Å²) in [6.45, 7) is 1.31. The van der Waals surface area contributed by atoms with Gasteiger partial charge in [0.15, 0.2) is 0 Å². The van der Waals surface area contributed by atoms with E-state index in [1.807, 2.05) is 17.0 Å². The Bertz CT molecular complexity index is 742. The van der Waals surface area contributed by atoms with Crippen LogP contribution in [0.15, 0.2) is 30.6 Å². The van der Waals surface area contributed by atoms with Gasteiger partial charge in [0.25, 0.3) is 5.91 Å². The molecule has 1 aromatic carbocycles. The van der Waals surface area contributed by atoms with Gasteiger partial charge in [0.2, 0.25) is 12.0 Å². The fourth-order valence-electron chi connectivity index (χ4n) is 2.33. The van der Waals surface area contributed by atoms with Crippen LogP contribution in [0.3, 0.4) is 0 Å². The van der Waals surface area contributed by atoms with Crippen LogP contribution in [0.5, 0.6) is 0 Å². The Morgan fingerprint density at radius 2 is 1.88 bits per heavy atom. The minimum absolute atomic E-state index is 0.111. The van der Waals surface area contributed by atoms with Crippen LogP contribution in [0.4, 0.5) is 17.2 Å². The lowest BCUT2D eigenvalue weighted by molar-refractivity contribution is -0.389. The Morgan fingerprint density at radius 1 is 1.28 bits per heavy atom. The van der Waals surface area contributed by atoms with Gasteiger partial charge in [-0.15, -0.1) is 23.2 Å². The van der Waals surface area contributed by atoms with Gasteiger partial charge in [0.1, 0.15) is 0 Å². The van der Waals surface area contributed by atoms with Crippen molar-refractivity contribution in [1.29, 1.82) is 0 Å². The number of anilines is 2.